The predicted octanol–water partition coefficient (Wildman–Crippen LogP) is 3.82. The Kier molecular flexibility index (Phi) is 5.89. The van der Waals surface area contributed by atoms with Gasteiger partial charge in [-0.1, -0.05) is 12.1 Å². The van der Waals surface area contributed by atoms with Gasteiger partial charge in [-0.05, 0) is 42.0 Å². The van der Waals surface area contributed by atoms with Gasteiger partial charge in [-0.25, -0.2) is 0 Å². The molecular formula is C22H21ClF3NO4. The van der Waals surface area contributed by atoms with Crippen molar-refractivity contribution >= 4 is 17.5 Å². The van der Waals surface area contributed by atoms with Gasteiger partial charge in [0.05, 0.1) is 24.2 Å². The van der Waals surface area contributed by atoms with E-state index in [1.165, 1.54) is 12.1 Å². The smallest absolute Gasteiger partial charge is 0.416 e. The van der Waals surface area contributed by atoms with Gasteiger partial charge in [0, 0.05) is 25.1 Å². The topological polar surface area (TPSA) is 59.0 Å². The van der Waals surface area contributed by atoms with Gasteiger partial charge in [0.25, 0.3) is 5.91 Å². The number of ether oxygens (including phenoxy) is 2. The van der Waals surface area contributed by atoms with Gasteiger partial charge >= 0.3 is 6.18 Å². The molecule has 0 aromatic heterocycles. The fourth-order valence-electron chi connectivity index (χ4n) is 3.67. The maximum atomic E-state index is 12.8. The maximum Gasteiger partial charge on any atom is 0.416 e. The predicted molar refractivity (Wildman–Crippen MR) is 107 cm³/mol. The summed E-state index contributed by atoms with van der Waals surface area (Å²) in [5.41, 5.74) is -0.546. The number of halogens is 4. The second-order valence-electron chi connectivity index (χ2n) is 7.84. The molecule has 5 nitrogen and oxygen atoms in total. The number of benzene rings is 2. The van der Waals surface area contributed by atoms with Crippen molar-refractivity contribution in [1.29, 1.82) is 0 Å². The largest absolute Gasteiger partial charge is 0.489 e. The molecule has 2 unspecified atom stereocenters. The van der Waals surface area contributed by atoms with Gasteiger partial charge in [-0.2, -0.15) is 13.2 Å². The Balaban J connectivity index is 1.35. The number of rotatable bonds is 4. The van der Waals surface area contributed by atoms with Crippen molar-refractivity contribution in [3.8, 4) is 5.75 Å². The number of carbonyl (C=O) groups excluding carboxylic acids is 1. The van der Waals surface area contributed by atoms with Gasteiger partial charge in [-0.15, -0.1) is 11.6 Å². The van der Waals surface area contributed by atoms with E-state index < -0.39 is 28.8 Å². The summed E-state index contributed by atoms with van der Waals surface area (Å²) in [6.07, 6.45) is -4.37. The molecule has 4 rings (SSSR count). The molecule has 2 fully saturated rings. The second kappa shape index (κ2) is 8.33. The fraction of sp³-hybridized carbons (Fsp3) is 0.409. The molecule has 2 atom stereocenters. The minimum Gasteiger partial charge on any atom is -0.489 e. The first kappa shape index (κ1) is 21.9. The average molecular weight is 456 g/mol. The summed E-state index contributed by atoms with van der Waals surface area (Å²) in [5.74, 6) is 0.124. The van der Waals surface area contributed by atoms with Crippen LogP contribution < -0.4 is 4.74 Å². The van der Waals surface area contributed by atoms with Crippen molar-refractivity contribution in [2.45, 2.75) is 29.7 Å². The summed E-state index contributed by atoms with van der Waals surface area (Å²) in [6, 6.07) is 11.2. The van der Waals surface area contributed by atoms with Gasteiger partial charge in [0.15, 0.2) is 0 Å². The van der Waals surface area contributed by atoms with E-state index in [9.17, 15) is 23.1 Å². The molecule has 0 saturated carbocycles. The van der Waals surface area contributed by atoms with Crippen molar-refractivity contribution in [1.82, 2.24) is 4.90 Å². The second-order valence-corrected chi connectivity index (χ2v) is 8.40. The van der Waals surface area contributed by atoms with Crippen LogP contribution in [0.1, 0.15) is 27.9 Å². The summed E-state index contributed by atoms with van der Waals surface area (Å²) in [4.78, 5) is 14.4. The Morgan fingerprint density at radius 2 is 1.77 bits per heavy atom. The van der Waals surface area contributed by atoms with E-state index in [1.807, 2.05) is 0 Å². The lowest BCUT2D eigenvalue weighted by Crippen LogP contribution is -2.49. The number of hydrogen-bond donors (Lipinski definition) is 1. The number of aliphatic hydroxyl groups is 1. The van der Waals surface area contributed by atoms with Crippen LogP contribution in [0, 0.1) is 0 Å². The molecule has 0 aliphatic carbocycles. The molecule has 2 aromatic carbocycles. The van der Waals surface area contributed by atoms with Gasteiger partial charge < -0.3 is 19.5 Å². The van der Waals surface area contributed by atoms with E-state index in [0.29, 0.717) is 29.8 Å². The van der Waals surface area contributed by atoms with E-state index in [2.05, 4.69) is 0 Å². The van der Waals surface area contributed by atoms with Gasteiger partial charge in [0.2, 0.25) is 0 Å². The monoisotopic (exact) mass is 455 g/mol. The highest BCUT2D eigenvalue weighted by Gasteiger charge is 2.38. The lowest BCUT2D eigenvalue weighted by atomic mass is 9.91. The van der Waals surface area contributed by atoms with E-state index >= 15 is 0 Å². The SMILES string of the molecule is O=C(c1ccc(C2(O)COC2)cc1)N1CCC(Oc2ccc(C(F)(F)F)cc2)C(Cl)C1. The van der Waals surface area contributed by atoms with Crippen LogP contribution in [-0.4, -0.2) is 53.7 Å². The number of nitrogens with zero attached hydrogens (tertiary/aromatic N) is 1. The van der Waals surface area contributed by atoms with Crippen LogP contribution in [0.2, 0.25) is 0 Å². The van der Waals surface area contributed by atoms with E-state index in [1.54, 1.807) is 29.2 Å². The molecule has 1 amide bonds. The molecule has 0 spiro atoms. The summed E-state index contributed by atoms with van der Waals surface area (Å²) >= 11 is 6.43. The highest BCUT2D eigenvalue weighted by atomic mass is 35.5. The number of hydrogen-bond acceptors (Lipinski definition) is 4. The highest BCUT2D eigenvalue weighted by molar-refractivity contribution is 6.21. The van der Waals surface area contributed by atoms with Crippen molar-refractivity contribution in [2.75, 3.05) is 26.3 Å². The number of carbonyl (C=O) groups is 1. The van der Waals surface area contributed by atoms with Crippen molar-refractivity contribution in [3.05, 3.63) is 65.2 Å². The number of amides is 1. The lowest BCUT2D eigenvalue weighted by molar-refractivity contribution is -0.184. The van der Waals surface area contributed by atoms with Crippen molar-refractivity contribution < 1.29 is 32.5 Å². The average Bonchev–Trinajstić information content (AvgIpc) is 2.73. The number of likely N-dealkylation sites (tertiary alicyclic amines) is 1. The van der Waals surface area contributed by atoms with Crippen LogP contribution in [-0.2, 0) is 16.5 Å². The summed E-state index contributed by atoms with van der Waals surface area (Å²) in [5, 5.41) is 9.78. The third-order valence-corrected chi connectivity index (χ3v) is 6.01. The first-order valence-electron chi connectivity index (χ1n) is 9.84. The molecule has 2 aliphatic rings. The third-order valence-electron chi connectivity index (χ3n) is 5.59. The minimum atomic E-state index is -4.40. The Bertz CT molecular complexity index is 929. The Labute approximate surface area is 182 Å². The van der Waals surface area contributed by atoms with Crippen LogP contribution in [0.3, 0.4) is 0 Å². The number of piperidine rings is 1. The first-order valence-corrected chi connectivity index (χ1v) is 10.3. The normalized spacial score (nSPS) is 23.2. The molecule has 2 heterocycles. The molecule has 2 saturated heterocycles. The lowest BCUT2D eigenvalue weighted by Gasteiger charge is -2.37. The molecular weight excluding hydrogens is 435 g/mol. The number of alkyl halides is 4. The molecule has 0 radical (unpaired) electrons. The minimum absolute atomic E-state index is 0.179. The zero-order valence-corrected chi connectivity index (χ0v) is 17.2. The highest BCUT2D eigenvalue weighted by Crippen LogP contribution is 2.32. The van der Waals surface area contributed by atoms with Gasteiger partial charge in [-0.3, -0.25) is 4.79 Å². The van der Waals surface area contributed by atoms with Crippen LogP contribution in [0.5, 0.6) is 5.75 Å². The molecule has 0 bridgehead atoms. The molecule has 2 aromatic rings. The maximum absolute atomic E-state index is 12.8. The zero-order valence-electron chi connectivity index (χ0n) is 16.4. The summed E-state index contributed by atoms with van der Waals surface area (Å²) in [7, 11) is 0. The van der Waals surface area contributed by atoms with E-state index in [-0.39, 0.29) is 25.7 Å². The van der Waals surface area contributed by atoms with Crippen molar-refractivity contribution in [3.63, 3.8) is 0 Å². The Hall–Kier alpha value is -2.29. The molecule has 1 N–H and O–H groups in total. The molecule has 9 heteroatoms. The quantitative estimate of drug-likeness (QED) is 0.712. The van der Waals surface area contributed by atoms with Crippen LogP contribution >= 0.6 is 11.6 Å². The standard InChI is InChI=1S/C22H21ClF3NO4/c23-18-11-27(20(28)14-1-3-15(4-2-14)21(29)12-30-13-21)10-9-19(18)31-17-7-5-16(6-8-17)22(24,25)26/h1-8,18-19,29H,9-13H2. The molecule has 2 aliphatic heterocycles. The molecule has 166 valence electrons. The summed E-state index contributed by atoms with van der Waals surface area (Å²) in [6.45, 7) is 1.14. The third kappa shape index (κ3) is 4.66. The summed E-state index contributed by atoms with van der Waals surface area (Å²) < 4.78 is 48.9. The fourth-order valence-corrected chi connectivity index (χ4v) is 4.01. The van der Waals surface area contributed by atoms with Crippen LogP contribution in [0.4, 0.5) is 13.2 Å². The van der Waals surface area contributed by atoms with Gasteiger partial charge in [0.1, 0.15) is 17.5 Å². The Morgan fingerprint density at radius 3 is 2.29 bits per heavy atom. The van der Waals surface area contributed by atoms with Crippen molar-refractivity contribution in [2.24, 2.45) is 0 Å². The molecule has 31 heavy (non-hydrogen) atoms. The Morgan fingerprint density at radius 1 is 1.13 bits per heavy atom. The van der Waals surface area contributed by atoms with E-state index in [0.717, 1.165) is 12.1 Å². The van der Waals surface area contributed by atoms with E-state index in [4.69, 9.17) is 21.1 Å². The first-order chi connectivity index (χ1) is 14.7. The zero-order chi connectivity index (χ0) is 22.2. The van der Waals surface area contributed by atoms with Crippen LogP contribution in [0.15, 0.2) is 48.5 Å². The van der Waals surface area contributed by atoms with Crippen LogP contribution in [0.25, 0.3) is 0 Å².